The van der Waals surface area contributed by atoms with Gasteiger partial charge in [-0.1, -0.05) is 43.7 Å². The molecule has 0 aromatic heterocycles. The molecule has 1 N–H and O–H groups in total. The highest BCUT2D eigenvalue weighted by atomic mass is 16.5. The zero-order chi connectivity index (χ0) is 21.7. The molecule has 30 heavy (non-hydrogen) atoms. The van der Waals surface area contributed by atoms with Crippen LogP contribution in [-0.2, 0) is 4.79 Å². The fraction of sp³-hybridized carbons (Fsp3) is 0.440. The van der Waals surface area contributed by atoms with Gasteiger partial charge in [-0.2, -0.15) is 0 Å². The Hall–Kier alpha value is -2.82. The molecule has 1 aliphatic heterocycles. The Bertz CT molecular complexity index is 851. The van der Waals surface area contributed by atoms with Crippen molar-refractivity contribution in [1.82, 2.24) is 10.2 Å². The molecule has 2 aromatic rings. The third-order valence-electron chi connectivity index (χ3n) is 5.66. The topological polar surface area (TPSA) is 58.6 Å². The van der Waals surface area contributed by atoms with Crippen LogP contribution in [0.1, 0.15) is 61.0 Å². The van der Waals surface area contributed by atoms with Gasteiger partial charge < -0.3 is 15.0 Å². The van der Waals surface area contributed by atoms with Crippen LogP contribution in [0.15, 0.2) is 48.5 Å². The number of carbonyl (C=O) groups excluding carboxylic acids is 2. The maximum Gasteiger partial charge on any atom is 0.260 e. The zero-order valence-electron chi connectivity index (χ0n) is 18.4. The largest absolute Gasteiger partial charge is 0.481 e. The number of nitrogens with zero attached hydrogens (tertiary/aromatic N) is 1. The van der Waals surface area contributed by atoms with Gasteiger partial charge in [0, 0.05) is 24.7 Å². The minimum absolute atomic E-state index is 0.0568. The van der Waals surface area contributed by atoms with E-state index in [9.17, 15) is 9.59 Å². The lowest BCUT2D eigenvalue weighted by Crippen LogP contribution is -2.49. The van der Waals surface area contributed by atoms with Crippen molar-refractivity contribution in [2.45, 2.75) is 58.6 Å². The van der Waals surface area contributed by atoms with E-state index in [1.165, 1.54) is 5.56 Å². The molecule has 1 fully saturated rings. The summed E-state index contributed by atoms with van der Waals surface area (Å²) in [4.78, 5) is 27.0. The number of likely N-dealkylation sites (tertiary alicyclic amines) is 1. The van der Waals surface area contributed by atoms with Gasteiger partial charge in [0.2, 0.25) is 0 Å². The summed E-state index contributed by atoms with van der Waals surface area (Å²) in [6, 6.07) is 15.6. The number of hydrogen-bond donors (Lipinski definition) is 1. The molecule has 2 amide bonds. The van der Waals surface area contributed by atoms with Crippen molar-refractivity contribution in [3.63, 3.8) is 0 Å². The van der Waals surface area contributed by atoms with Crippen LogP contribution in [0, 0.1) is 6.92 Å². The highest BCUT2D eigenvalue weighted by molar-refractivity contribution is 5.94. The van der Waals surface area contributed by atoms with Crippen LogP contribution in [0.25, 0.3) is 0 Å². The Balaban J connectivity index is 1.46. The van der Waals surface area contributed by atoms with Crippen LogP contribution in [-0.4, -0.2) is 41.9 Å². The Labute approximate surface area is 179 Å². The standard InChI is InChI=1S/C25H32N2O3/c1-17(2)20-9-11-23(12-10-20)30-19(4)24(28)26-22-13-15-27(16-14-22)25(29)21-7-5-18(3)6-8-21/h5-12,17,19,22H,13-16H2,1-4H3,(H,26,28). The molecule has 0 bridgehead atoms. The normalized spacial score (nSPS) is 15.7. The van der Waals surface area contributed by atoms with Crippen LogP contribution >= 0.6 is 0 Å². The summed E-state index contributed by atoms with van der Waals surface area (Å²) >= 11 is 0. The fourth-order valence-corrected chi connectivity index (χ4v) is 3.61. The summed E-state index contributed by atoms with van der Waals surface area (Å²) < 4.78 is 5.80. The Morgan fingerprint density at radius 1 is 0.967 bits per heavy atom. The first-order valence-corrected chi connectivity index (χ1v) is 10.8. The zero-order valence-corrected chi connectivity index (χ0v) is 18.4. The maximum atomic E-state index is 12.6. The van der Waals surface area contributed by atoms with Gasteiger partial charge in [0.1, 0.15) is 5.75 Å². The molecule has 2 aromatic carbocycles. The second-order valence-corrected chi connectivity index (χ2v) is 8.42. The SMILES string of the molecule is Cc1ccc(C(=O)N2CCC(NC(=O)C(C)Oc3ccc(C(C)C)cc3)CC2)cc1. The van der Waals surface area contributed by atoms with Crippen molar-refractivity contribution in [2.24, 2.45) is 0 Å². The van der Waals surface area contributed by atoms with E-state index in [-0.39, 0.29) is 17.9 Å². The van der Waals surface area contributed by atoms with Gasteiger partial charge in [-0.3, -0.25) is 9.59 Å². The minimum Gasteiger partial charge on any atom is -0.481 e. The number of benzene rings is 2. The number of piperidine rings is 1. The predicted octanol–water partition coefficient (Wildman–Crippen LogP) is 4.31. The van der Waals surface area contributed by atoms with Crippen molar-refractivity contribution in [3.05, 3.63) is 65.2 Å². The van der Waals surface area contributed by atoms with Gasteiger partial charge in [-0.05, 0) is 62.4 Å². The van der Waals surface area contributed by atoms with Crippen LogP contribution in [0.4, 0.5) is 0 Å². The van der Waals surface area contributed by atoms with E-state index in [1.54, 1.807) is 6.92 Å². The van der Waals surface area contributed by atoms with Crippen LogP contribution in [0.5, 0.6) is 5.75 Å². The molecule has 1 unspecified atom stereocenters. The third kappa shape index (κ3) is 5.62. The molecule has 1 heterocycles. The van der Waals surface area contributed by atoms with Crippen molar-refractivity contribution in [3.8, 4) is 5.75 Å². The Morgan fingerprint density at radius 3 is 2.13 bits per heavy atom. The lowest BCUT2D eigenvalue weighted by molar-refractivity contribution is -0.128. The molecule has 160 valence electrons. The summed E-state index contributed by atoms with van der Waals surface area (Å²) in [5, 5.41) is 3.07. The molecule has 3 rings (SSSR count). The second-order valence-electron chi connectivity index (χ2n) is 8.42. The van der Waals surface area contributed by atoms with Gasteiger partial charge >= 0.3 is 0 Å². The first-order chi connectivity index (χ1) is 14.3. The van der Waals surface area contributed by atoms with E-state index in [4.69, 9.17) is 4.74 Å². The molecular formula is C25H32N2O3. The highest BCUT2D eigenvalue weighted by Gasteiger charge is 2.26. The lowest BCUT2D eigenvalue weighted by Gasteiger charge is -2.33. The van der Waals surface area contributed by atoms with Crippen molar-refractivity contribution in [2.75, 3.05) is 13.1 Å². The van der Waals surface area contributed by atoms with Gasteiger partial charge in [0.25, 0.3) is 11.8 Å². The van der Waals surface area contributed by atoms with E-state index < -0.39 is 6.10 Å². The van der Waals surface area contributed by atoms with Crippen molar-refractivity contribution < 1.29 is 14.3 Å². The number of carbonyl (C=O) groups is 2. The summed E-state index contributed by atoms with van der Waals surface area (Å²) in [6.45, 7) is 9.35. The first kappa shape index (κ1) is 21.9. The number of nitrogens with one attached hydrogen (secondary N) is 1. The molecule has 0 radical (unpaired) electrons. The van der Waals surface area contributed by atoms with Crippen molar-refractivity contribution in [1.29, 1.82) is 0 Å². The summed E-state index contributed by atoms with van der Waals surface area (Å²) in [5.41, 5.74) is 3.10. The first-order valence-electron chi connectivity index (χ1n) is 10.8. The molecule has 0 spiro atoms. The monoisotopic (exact) mass is 408 g/mol. The minimum atomic E-state index is -0.567. The predicted molar refractivity (Wildman–Crippen MR) is 119 cm³/mol. The molecule has 1 atom stereocenters. The maximum absolute atomic E-state index is 12.6. The Kier molecular flexibility index (Phi) is 7.14. The number of amides is 2. The van der Waals surface area contributed by atoms with Crippen LogP contribution in [0.2, 0.25) is 0 Å². The molecular weight excluding hydrogens is 376 g/mol. The molecule has 5 nitrogen and oxygen atoms in total. The van der Waals surface area contributed by atoms with E-state index in [2.05, 4.69) is 19.2 Å². The van der Waals surface area contributed by atoms with Gasteiger partial charge in [0.05, 0.1) is 0 Å². The number of aryl methyl sites for hydroxylation is 1. The summed E-state index contributed by atoms with van der Waals surface area (Å²) in [6.07, 6.45) is 0.931. The molecule has 0 aliphatic carbocycles. The molecule has 1 saturated heterocycles. The highest BCUT2D eigenvalue weighted by Crippen LogP contribution is 2.20. The summed E-state index contributed by atoms with van der Waals surface area (Å²) in [5.74, 6) is 1.09. The van der Waals surface area contributed by atoms with Crippen LogP contribution < -0.4 is 10.1 Å². The van der Waals surface area contributed by atoms with Gasteiger partial charge in [-0.15, -0.1) is 0 Å². The average Bonchev–Trinajstić information content (AvgIpc) is 2.74. The van der Waals surface area contributed by atoms with E-state index in [1.807, 2.05) is 60.4 Å². The van der Waals surface area contributed by atoms with Crippen molar-refractivity contribution >= 4 is 11.8 Å². The number of ether oxygens (including phenoxy) is 1. The summed E-state index contributed by atoms with van der Waals surface area (Å²) in [7, 11) is 0. The molecule has 5 heteroatoms. The van der Waals surface area contributed by atoms with E-state index >= 15 is 0 Å². The van der Waals surface area contributed by atoms with E-state index in [0.717, 1.165) is 18.4 Å². The number of hydrogen-bond acceptors (Lipinski definition) is 3. The average molecular weight is 409 g/mol. The Morgan fingerprint density at radius 2 is 1.57 bits per heavy atom. The quantitative estimate of drug-likeness (QED) is 0.775. The number of rotatable bonds is 6. The lowest BCUT2D eigenvalue weighted by atomic mass is 10.0. The van der Waals surface area contributed by atoms with Crippen LogP contribution in [0.3, 0.4) is 0 Å². The van der Waals surface area contributed by atoms with Gasteiger partial charge in [0.15, 0.2) is 6.10 Å². The smallest absolute Gasteiger partial charge is 0.260 e. The van der Waals surface area contributed by atoms with Gasteiger partial charge in [-0.25, -0.2) is 0 Å². The van der Waals surface area contributed by atoms with E-state index in [0.29, 0.717) is 30.3 Å². The molecule has 0 saturated carbocycles. The fourth-order valence-electron chi connectivity index (χ4n) is 3.61. The third-order valence-corrected chi connectivity index (χ3v) is 5.66. The molecule has 1 aliphatic rings. The second kappa shape index (κ2) is 9.79.